The van der Waals surface area contributed by atoms with Crippen LogP contribution < -0.4 is 0 Å². The molecule has 1 saturated heterocycles. The molecule has 0 unspecified atom stereocenters. The van der Waals surface area contributed by atoms with Crippen molar-refractivity contribution >= 4 is 23.9 Å². The van der Waals surface area contributed by atoms with Crippen LogP contribution in [0.1, 0.15) is 5.56 Å². The van der Waals surface area contributed by atoms with Gasteiger partial charge in [0.25, 0.3) is 0 Å². The van der Waals surface area contributed by atoms with Crippen LogP contribution in [0.5, 0.6) is 5.75 Å². The molecular weight excluding hydrogens is 426 g/mol. The summed E-state index contributed by atoms with van der Waals surface area (Å²) in [7, 11) is 0. The lowest BCUT2D eigenvalue weighted by Gasteiger charge is -2.45. The lowest BCUT2D eigenvalue weighted by atomic mass is 9.87. The van der Waals surface area contributed by atoms with Gasteiger partial charge in [-0.3, -0.25) is 33.9 Å². The van der Waals surface area contributed by atoms with E-state index in [9.17, 15) is 44.7 Å². The fourth-order valence-corrected chi connectivity index (χ4v) is 4.11. The van der Waals surface area contributed by atoms with Gasteiger partial charge in [0.1, 0.15) is 5.75 Å². The first kappa shape index (κ1) is 25.0. The Balaban J connectivity index is 2.57. The minimum absolute atomic E-state index is 0.0107. The molecular formula is C20H27N3O9. The first-order valence-corrected chi connectivity index (χ1v) is 9.84. The summed E-state index contributed by atoms with van der Waals surface area (Å²) >= 11 is 0. The third-order valence-electron chi connectivity index (χ3n) is 5.28. The Hall–Kier alpha value is -3.22. The molecule has 1 heterocycles. The molecule has 0 aromatic heterocycles. The molecule has 12 nitrogen and oxygen atoms in total. The third kappa shape index (κ3) is 7.48. The van der Waals surface area contributed by atoms with E-state index in [0.29, 0.717) is 5.56 Å². The van der Waals surface area contributed by atoms with Crippen molar-refractivity contribution in [3.63, 3.8) is 0 Å². The molecule has 0 radical (unpaired) electrons. The number of phenolic OH excluding ortho intramolecular Hbond substituents is 1. The van der Waals surface area contributed by atoms with Crippen LogP contribution in [0.2, 0.25) is 0 Å². The molecule has 176 valence electrons. The summed E-state index contributed by atoms with van der Waals surface area (Å²) < 4.78 is 0. The molecule has 0 spiro atoms. The summed E-state index contributed by atoms with van der Waals surface area (Å²) in [6, 6.07) is 6.07. The number of carboxylic acids is 4. The molecule has 0 saturated carbocycles. The van der Waals surface area contributed by atoms with Gasteiger partial charge in [0.2, 0.25) is 0 Å². The monoisotopic (exact) mass is 453 g/mol. The van der Waals surface area contributed by atoms with Crippen LogP contribution in [-0.2, 0) is 25.6 Å². The van der Waals surface area contributed by atoms with E-state index >= 15 is 0 Å². The first-order chi connectivity index (χ1) is 15.0. The van der Waals surface area contributed by atoms with Crippen LogP contribution in [0.3, 0.4) is 0 Å². The Labute approximate surface area is 183 Å². The topological polar surface area (TPSA) is 179 Å². The van der Waals surface area contributed by atoms with Gasteiger partial charge in [-0.25, -0.2) is 0 Å². The van der Waals surface area contributed by atoms with E-state index in [4.69, 9.17) is 0 Å². The van der Waals surface area contributed by atoms with Crippen LogP contribution in [0.25, 0.3) is 0 Å². The first-order valence-electron chi connectivity index (χ1n) is 9.84. The number of hydrogen-bond acceptors (Lipinski definition) is 8. The quantitative estimate of drug-likeness (QED) is 0.274. The maximum atomic E-state index is 11.6. The van der Waals surface area contributed by atoms with Crippen molar-refractivity contribution in [3.8, 4) is 5.75 Å². The Morgan fingerprint density at radius 1 is 0.781 bits per heavy atom. The van der Waals surface area contributed by atoms with E-state index in [1.54, 1.807) is 21.9 Å². The zero-order chi connectivity index (χ0) is 23.9. The summed E-state index contributed by atoms with van der Waals surface area (Å²) in [4.78, 5) is 50.3. The van der Waals surface area contributed by atoms with Gasteiger partial charge in [-0.05, 0) is 24.1 Å². The van der Waals surface area contributed by atoms with Crippen molar-refractivity contribution in [2.45, 2.75) is 12.0 Å². The van der Waals surface area contributed by atoms with Crippen LogP contribution in [0.4, 0.5) is 0 Å². The number of benzene rings is 1. The molecule has 32 heavy (non-hydrogen) atoms. The lowest BCUT2D eigenvalue weighted by Crippen LogP contribution is -2.63. The number of rotatable bonds is 11. The number of aromatic hydroxyl groups is 1. The number of carboxylic acid groups (broad SMARTS) is 4. The van der Waals surface area contributed by atoms with Gasteiger partial charge in [-0.2, -0.15) is 0 Å². The van der Waals surface area contributed by atoms with Gasteiger partial charge in [0.05, 0.1) is 31.7 Å². The highest BCUT2D eigenvalue weighted by Gasteiger charge is 2.44. The molecule has 0 amide bonds. The van der Waals surface area contributed by atoms with Gasteiger partial charge in [-0.1, -0.05) is 12.1 Å². The smallest absolute Gasteiger partial charge is 0.317 e. The maximum Gasteiger partial charge on any atom is 0.317 e. The van der Waals surface area contributed by atoms with Crippen molar-refractivity contribution in [2.75, 3.05) is 52.4 Å². The molecule has 0 aliphatic carbocycles. The summed E-state index contributed by atoms with van der Waals surface area (Å²) in [5.41, 5.74) is -0.578. The van der Waals surface area contributed by atoms with E-state index < -0.39 is 42.5 Å². The molecule has 0 bridgehead atoms. The highest BCUT2D eigenvalue weighted by molar-refractivity contribution is 5.73. The lowest BCUT2D eigenvalue weighted by molar-refractivity contribution is -0.148. The standard InChI is InChI=1S/C20H27N3O9/c24-15-3-1-14(2-4-15)7-20(23(10-18(29)30)11-19(31)32)12-21(8-16(25)26)5-6-22(13-20)9-17(27)28/h1-4,24H,5-13H2,(H,25,26)(H,27,28)(H,29,30)(H,31,32). The fourth-order valence-electron chi connectivity index (χ4n) is 4.11. The predicted molar refractivity (Wildman–Crippen MR) is 110 cm³/mol. The van der Waals surface area contributed by atoms with Gasteiger partial charge < -0.3 is 25.5 Å². The van der Waals surface area contributed by atoms with Crippen LogP contribution >= 0.6 is 0 Å². The largest absolute Gasteiger partial charge is 0.508 e. The third-order valence-corrected chi connectivity index (χ3v) is 5.28. The molecule has 1 fully saturated rings. The summed E-state index contributed by atoms with van der Waals surface area (Å²) in [5, 5.41) is 47.1. The number of hydrogen-bond donors (Lipinski definition) is 5. The molecule has 1 aromatic carbocycles. The zero-order valence-electron chi connectivity index (χ0n) is 17.4. The molecule has 1 aliphatic heterocycles. The average molecular weight is 453 g/mol. The molecule has 12 heteroatoms. The zero-order valence-corrected chi connectivity index (χ0v) is 17.4. The van der Waals surface area contributed by atoms with E-state index in [1.165, 1.54) is 17.0 Å². The predicted octanol–water partition coefficient (Wildman–Crippen LogP) is -1.07. The SMILES string of the molecule is O=C(O)CN1CCN(CC(=O)O)CC(Cc2ccc(O)cc2)(N(CC(=O)O)CC(=O)O)C1. The van der Waals surface area contributed by atoms with Crippen LogP contribution in [0.15, 0.2) is 24.3 Å². The Morgan fingerprint density at radius 2 is 1.22 bits per heavy atom. The van der Waals surface area contributed by atoms with Gasteiger partial charge in [0.15, 0.2) is 0 Å². The second-order valence-electron chi connectivity index (χ2n) is 7.92. The summed E-state index contributed by atoms with van der Waals surface area (Å²) in [6.07, 6.45) is 0.111. The fraction of sp³-hybridized carbons (Fsp3) is 0.500. The Bertz CT molecular complexity index is 801. The van der Waals surface area contributed by atoms with Crippen LogP contribution in [0, 0.1) is 0 Å². The molecule has 0 atom stereocenters. The Morgan fingerprint density at radius 3 is 1.59 bits per heavy atom. The van der Waals surface area contributed by atoms with Gasteiger partial charge in [-0.15, -0.1) is 0 Å². The number of phenols is 1. The summed E-state index contributed by atoms with van der Waals surface area (Å²) in [5.74, 6) is -4.75. The van der Waals surface area contributed by atoms with Crippen molar-refractivity contribution in [1.82, 2.24) is 14.7 Å². The second-order valence-corrected chi connectivity index (χ2v) is 7.92. The highest BCUT2D eigenvalue weighted by Crippen LogP contribution is 2.27. The van der Waals surface area contributed by atoms with Crippen molar-refractivity contribution in [2.24, 2.45) is 0 Å². The molecule has 2 rings (SSSR count). The maximum absolute atomic E-state index is 11.6. The number of carbonyl (C=O) groups is 4. The molecule has 1 aliphatic rings. The van der Waals surface area contributed by atoms with E-state index in [0.717, 1.165) is 0 Å². The van der Waals surface area contributed by atoms with E-state index in [2.05, 4.69) is 0 Å². The van der Waals surface area contributed by atoms with E-state index in [1.807, 2.05) is 0 Å². The molecule has 5 N–H and O–H groups in total. The second kappa shape index (κ2) is 10.9. The minimum Gasteiger partial charge on any atom is -0.508 e. The van der Waals surface area contributed by atoms with Crippen molar-refractivity contribution in [3.05, 3.63) is 29.8 Å². The van der Waals surface area contributed by atoms with Crippen LogP contribution in [-0.4, -0.2) is 122 Å². The normalized spacial score (nSPS) is 17.0. The van der Waals surface area contributed by atoms with Gasteiger partial charge in [0, 0.05) is 26.2 Å². The van der Waals surface area contributed by atoms with Gasteiger partial charge >= 0.3 is 23.9 Å². The minimum atomic E-state index is -1.27. The average Bonchev–Trinajstić information content (AvgIpc) is 2.81. The Kier molecular flexibility index (Phi) is 8.52. The molecule has 1 aromatic rings. The summed E-state index contributed by atoms with van der Waals surface area (Å²) in [6.45, 7) is -1.56. The van der Waals surface area contributed by atoms with E-state index in [-0.39, 0.29) is 51.4 Å². The number of nitrogens with zero attached hydrogens (tertiary/aromatic N) is 3. The highest BCUT2D eigenvalue weighted by atomic mass is 16.4. The van der Waals surface area contributed by atoms with Crippen molar-refractivity contribution in [1.29, 1.82) is 0 Å². The number of aliphatic carboxylic acids is 4. The van der Waals surface area contributed by atoms with Crippen molar-refractivity contribution < 1.29 is 44.7 Å².